The van der Waals surface area contributed by atoms with Crippen molar-refractivity contribution < 1.29 is 40.0 Å². The van der Waals surface area contributed by atoms with Crippen LogP contribution in [0.4, 0.5) is 13.2 Å². The summed E-state index contributed by atoms with van der Waals surface area (Å²) in [5, 5.41) is 0. The van der Waals surface area contributed by atoms with E-state index in [2.05, 4.69) is 4.18 Å². The van der Waals surface area contributed by atoms with Crippen molar-refractivity contribution in [1.29, 1.82) is 0 Å². The number of halogens is 3. The number of methoxy groups -OCH3 is 2. The highest BCUT2D eigenvalue weighted by Gasteiger charge is 2.49. The van der Waals surface area contributed by atoms with Gasteiger partial charge < -0.3 is 18.4 Å². The number of fused-ring (bicyclic) bond motifs is 1. The molecule has 0 aliphatic heterocycles. The predicted octanol–water partition coefficient (Wildman–Crippen LogP) is 3.22. The van der Waals surface area contributed by atoms with Crippen molar-refractivity contribution in [2.45, 2.75) is 24.8 Å². The van der Waals surface area contributed by atoms with Gasteiger partial charge in [0.1, 0.15) is 5.76 Å². The number of hydrogen-bond donors (Lipinski definition) is 0. The van der Waals surface area contributed by atoms with E-state index in [9.17, 15) is 21.6 Å². The molecule has 1 aromatic carbocycles. The lowest BCUT2D eigenvalue weighted by atomic mass is 10.0. The van der Waals surface area contributed by atoms with Gasteiger partial charge in [0.15, 0.2) is 18.3 Å². The van der Waals surface area contributed by atoms with Gasteiger partial charge in [-0.25, -0.2) is 0 Å². The lowest BCUT2D eigenvalue weighted by Gasteiger charge is -2.18. The van der Waals surface area contributed by atoms with E-state index in [0.29, 0.717) is 30.6 Å². The van der Waals surface area contributed by atoms with E-state index < -0.39 is 15.6 Å². The van der Waals surface area contributed by atoms with Crippen LogP contribution in [0.5, 0.6) is 11.5 Å². The van der Waals surface area contributed by atoms with Crippen molar-refractivity contribution in [2.24, 2.45) is 0 Å². The van der Waals surface area contributed by atoms with Gasteiger partial charge in [-0.05, 0) is 37.5 Å². The monoisotopic (exact) mass is 382 g/mol. The van der Waals surface area contributed by atoms with E-state index in [1.807, 2.05) is 0 Å². The highest BCUT2D eigenvalue weighted by molar-refractivity contribution is 7.87. The smallest absolute Gasteiger partial charge is 0.493 e. The maximum Gasteiger partial charge on any atom is 0.534 e. The fourth-order valence-electron chi connectivity index (χ4n) is 2.39. The van der Waals surface area contributed by atoms with Gasteiger partial charge in [-0.3, -0.25) is 0 Å². The lowest BCUT2D eigenvalue weighted by molar-refractivity contribution is -0.0509. The highest BCUT2D eigenvalue weighted by Crippen LogP contribution is 2.41. The van der Waals surface area contributed by atoms with Crippen LogP contribution in [0.1, 0.15) is 24.0 Å². The Hall–Kier alpha value is -1.94. The third-order valence-electron chi connectivity index (χ3n) is 3.47. The molecular weight excluding hydrogens is 365 g/mol. The summed E-state index contributed by atoms with van der Waals surface area (Å²) < 4.78 is 80.5. The molecule has 0 atom stereocenters. The number of rotatable bonds is 6. The molecule has 6 nitrogen and oxygen atoms in total. The Morgan fingerprint density at radius 2 is 1.92 bits per heavy atom. The molecule has 0 aromatic heterocycles. The van der Waals surface area contributed by atoms with Crippen molar-refractivity contribution in [3.05, 3.63) is 29.3 Å². The highest BCUT2D eigenvalue weighted by atomic mass is 32.2. The number of allylic oxidation sites excluding steroid dienone is 1. The second-order valence-corrected chi connectivity index (χ2v) is 6.66. The van der Waals surface area contributed by atoms with Crippen molar-refractivity contribution in [3.63, 3.8) is 0 Å². The largest absolute Gasteiger partial charge is 0.534 e. The molecule has 0 heterocycles. The van der Waals surface area contributed by atoms with Crippen LogP contribution in [0, 0.1) is 0 Å². The van der Waals surface area contributed by atoms with E-state index >= 15 is 0 Å². The Morgan fingerprint density at radius 1 is 1.20 bits per heavy atom. The van der Waals surface area contributed by atoms with Gasteiger partial charge in [-0.2, -0.15) is 21.6 Å². The quantitative estimate of drug-likeness (QED) is 0.427. The summed E-state index contributed by atoms with van der Waals surface area (Å²) in [6.07, 6.45) is 2.69. The van der Waals surface area contributed by atoms with E-state index in [0.717, 1.165) is 0 Å². The second-order valence-electron chi connectivity index (χ2n) is 5.12. The number of hydrogen-bond acceptors (Lipinski definition) is 6. The van der Waals surface area contributed by atoms with Crippen LogP contribution in [0.2, 0.25) is 0 Å². The Kier molecular flexibility index (Phi) is 5.83. The molecule has 0 spiro atoms. The first-order valence-electron chi connectivity index (χ1n) is 7.24. The molecule has 25 heavy (non-hydrogen) atoms. The first-order chi connectivity index (χ1) is 11.7. The summed E-state index contributed by atoms with van der Waals surface area (Å²) >= 11 is 0. The molecule has 140 valence electrons. The Bertz CT molecular complexity index is 755. The summed E-state index contributed by atoms with van der Waals surface area (Å²) in [5.74, 6) is 0.258. The maximum absolute atomic E-state index is 12.6. The standard InChI is InChI=1S/C15H17F3O6S/c1-21-9-23-14-11-5-3-4-6-12(10(11)7-8-13(14)22-2)24-25(19,20)15(16,17)18/h6-8H,3-5,9H2,1-2H3. The molecule has 0 unspecified atom stereocenters. The molecular formula is C15H17F3O6S. The van der Waals surface area contributed by atoms with Crippen LogP contribution < -0.4 is 9.47 Å². The first-order valence-corrected chi connectivity index (χ1v) is 8.65. The van der Waals surface area contributed by atoms with Crippen molar-refractivity contribution >= 4 is 15.9 Å². The Morgan fingerprint density at radius 3 is 2.52 bits per heavy atom. The normalized spacial score (nSPS) is 15.0. The van der Waals surface area contributed by atoms with Crippen LogP contribution in [0.3, 0.4) is 0 Å². The zero-order chi connectivity index (χ0) is 18.7. The van der Waals surface area contributed by atoms with E-state index in [1.165, 1.54) is 32.4 Å². The third-order valence-corrected chi connectivity index (χ3v) is 4.44. The average Bonchev–Trinajstić information content (AvgIpc) is 2.73. The lowest BCUT2D eigenvalue weighted by Crippen LogP contribution is -2.25. The van der Waals surface area contributed by atoms with Gasteiger partial charge in [0, 0.05) is 18.2 Å². The topological polar surface area (TPSA) is 71.1 Å². The van der Waals surface area contributed by atoms with Crippen LogP contribution >= 0.6 is 0 Å². The van der Waals surface area contributed by atoms with Gasteiger partial charge >= 0.3 is 15.6 Å². The minimum atomic E-state index is -5.77. The van der Waals surface area contributed by atoms with Crippen LogP contribution in [0.15, 0.2) is 18.2 Å². The molecule has 1 aromatic rings. The minimum Gasteiger partial charge on any atom is -0.493 e. The summed E-state index contributed by atoms with van der Waals surface area (Å²) in [5.41, 5.74) is -4.81. The fraction of sp³-hybridized carbons (Fsp3) is 0.467. The SMILES string of the molecule is COCOc1c(OC)ccc2c1CCCC=C2OS(=O)(=O)C(F)(F)F. The van der Waals surface area contributed by atoms with Crippen molar-refractivity contribution in [3.8, 4) is 11.5 Å². The Balaban J connectivity index is 2.50. The Labute approximate surface area is 143 Å². The number of alkyl halides is 3. The molecule has 0 bridgehead atoms. The first kappa shape index (κ1) is 19.4. The summed E-state index contributed by atoms with van der Waals surface area (Å²) in [6, 6.07) is 2.91. The van der Waals surface area contributed by atoms with Crippen molar-refractivity contribution in [1.82, 2.24) is 0 Å². The zero-order valence-electron chi connectivity index (χ0n) is 13.6. The van der Waals surface area contributed by atoms with Crippen LogP contribution in [-0.4, -0.2) is 34.9 Å². The fourth-order valence-corrected chi connectivity index (χ4v) is 2.88. The second kappa shape index (κ2) is 7.52. The molecule has 10 heteroatoms. The number of ether oxygens (including phenoxy) is 3. The summed E-state index contributed by atoms with van der Waals surface area (Å²) in [7, 11) is -2.94. The van der Waals surface area contributed by atoms with E-state index in [-0.39, 0.29) is 23.9 Å². The predicted molar refractivity (Wildman–Crippen MR) is 82.5 cm³/mol. The molecule has 2 rings (SSSR count). The van der Waals surface area contributed by atoms with Gasteiger partial charge in [0.2, 0.25) is 0 Å². The molecule has 1 aliphatic carbocycles. The van der Waals surface area contributed by atoms with Gasteiger partial charge in [-0.15, -0.1) is 0 Å². The van der Waals surface area contributed by atoms with Crippen molar-refractivity contribution in [2.75, 3.05) is 21.0 Å². The summed E-state index contributed by atoms with van der Waals surface area (Å²) in [6.45, 7) is -0.104. The molecule has 0 saturated heterocycles. The maximum atomic E-state index is 12.6. The van der Waals surface area contributed by atoms with E-state index in [1.54, 1.807) is 0 Å². The molecule has 0 amide bonds. The van der Waals surface area contributed by atoms with Crippen LogP contribution in [0.25, 0.3) is 5.76 Å². The zero-order valence-corrected chi connectivity index (χ0v) is 14.4. The summed E-state index contributed by atoms with van der Waals surface area (Å²) in [4.78, 5) is 0. The molecule has 0 N–H and O–H groups in total. The van der Waals surface area contributed by atoms with Gasteiger partial charge in [0.05, 0.1) is 7.11 Å². The average molecular weight is 382 g/mol. The number of benzene rings is 1. The third kappa shape index (κ3) is 4.18. The molecule has 0 fully saturated rings. The molecule has 0 radical (unpaired) electrons. The molecule has 1 aliphatic rings. The van der Waals surface area contributed by atoms with E-state index in [4.69, 9.17) is 14.2 Å². The molecule has 0 saturated carbocycles. The minimum absolute atomic E-state index is 0.104. The van der Waals surface area contributed by atoms with Gasteiger partial charge in [-0.1, -0.05) is 0 Å². The van der Waals surface area contributed by atoms with Crippen LogP contribution in [-0.2, 0) is 25.5 Å². The van der Waals surface area contributed by atoms with Gasteiger partial charge in [0.25, 0.3) is 0 Å².